The Balaban J connectivity index is 1.70. The lowest BCUT2D eigenvalue weighted by molar-refractivity contribution is 0.109. The number of guanidine groups is 1. The molecule has 0 atom stereocenters. The maximum Gasteiger partial charge on any atom is 0.191 e. The summed E-state index contributed by atoms with van der Waals surface area (Å²) in [5, 5.41) is 7.00. The first-order valence-corrected chi connectivity index (χ1v) is 9.39. The number of hydrogen-bond donors (Lipinski definition) is 2. The van der Waals surface area contributed by atoms with Crippen molar-refractivity contribution >= 4 is 5.96 Å². The Bertz CT molecular complexity index is 451. The van der Waals surface area contributed by atoms with Crippen molar-refractivity contribution in [3.05, 3.63) is 24.2 Å². The van der Waals surface area contributed by atoms with E-state index in [1.54, 1.807) is 6.26 Å². The summed E-state index contributed by atoms with van der Waals surface area (Å²) in [6.45, 7) is 7.58. The molecule has 0 amide bonds. The second kappa shape index (κ2) is 11.1. The molecule has 0 unspecified atom stereocenters. The normalized spacial score (nSPS) is 16.0. The molecule has 1 aromatic rings. The van der Waals surface area contributed by atoms with Gasteiger partial charge in [-0.2, -0.15) is 0 Å². The van der Waals surface area contributed by atoms with Crippen LogP contribution in [0.3, 0.4) is 0 Å². The molecule has 1 aliphatic carbocycles. The number of nitrogens with one attached hydrogen (secondary N) is 2. The van der Waals surface area contributed by atoms with Crippen LogP contribution in [0.5, 0.6) is 0 Å². The van der Waals surface area contributed by atoms with E-state index in [1.165, 1.54) is 25.7 Å². The number of hydrogen-bond acceptors (Lipinski definition) is 3. The van der Waals surface area contributed by atoms with Crippen LogP contribution in [0.15, 0.2) is 27.8 Å². The first-order chi connectivity index (χ1) is 11.7. The monoisotopic (exact) mass is 335 g/mol. The van der Waals surface area contributed by atoms with Gasteiger partial charge in [-0.25, -0.2) is 0 Å². The van der Waals surface area contributed by atoms with Gasteiger partial charge in [0.1, 0.15) is 5.76 Å². The largest absolute Gasteiger partial charge is 0.469 e. The van der Waals surface area contributed by atoms with Gasteiger partial charge in [0, 0.05) is 38.8 Å². The molecule has 5 heteroatoms. The molecule has 1 aromatic heterocycles. The van der Waals surface area contributed by atoms with E-state index in [9.17, 15) is 0 Å². The second-order valence-electron chi connectivity index (χ2n) is 6.93. The quantitative estimate of drug-likeness (QED) is 0.391. The topological polar surface area (TPSA) is 58.8 Å². The number of aliphatic imine (C=N–C) groups is 1. The van der Waals surface area contributed by atoms with Crippen LogP contribution >= 0.6 is 0 Å². The van der Waals surface area contributed by atoms with Crippen LogP contribution < -0.4 is 10.6 Å². The summed E-state index contributed by atoms with van der Waals surface area (Å²) in [4.78, 5) is 4.71. The third-order valence-corrected chi connectivity index (χ3v) is 4.11. The molecule has 0 aromatic carbocycles. The standard InChI is InChI=1S/C19H33N3O2/c1-16(2)15-23-13-6-11-20-19(22-17-7-3-4-8-17)21-12-10-18-9-5-14-24-18/h5,9,14,16-17H,3-4,6-8,10-13,15H2,1-2H3,(H2,20,21,22). The molecular formula is C19H33N3O2. The minimum atomic E-state index is 0.567. The van der Waals surface area contributed by atoms with Crippen LogP contribution in [0.1, 0.15) is 51.7 Å². The highest BCUT2D eigenvalue weighted by Crippen LogP contribution is 2.17. The zero-order valence-electron chi connectivity index (χ0n) is 15.2. The van der Waals surface area contributed by atoms with Crippen molar-refractivity contribution in [1.82, 2.24) is 10.6 Å². The van der Waals surface area contributed by atoms with Crippen molar-refractivity contribution in [2.75, 3.05) is 26.3 Å². The van der Waals surface area contributed by atoms with E-state index in [4.69, 9.17) is 14.1 Å². The summed E-state index contributed by atoms with van der Waals surface area (Å²) < 4.78 is 11.0. The lowest BCUT2D eigenvalue weighted by Gasteiger charge is -2.17. The van der Waals surface area contributed by atoms with Crippen LogP contribution in [0.2, 0.25) is 0 Å². The molecule has 1 fully saturated rings. The minimum Gasteiger partial charge on any atom is -0.469 e. The van der Waals surface area contributed by atoms with Crippen LogP contribution in [0, 0.1) is 5.92 Å². The van der Waals surface area contributed by atoms with Crippen molar-refractivity contribution < 1.29 is 9.15 Å². The first-order valence-electron chi connectivity index (χ1n) is 9.39. The van der Waals surface area contributed by atoms with Crippen LogP contribution in [0.4, 0.5) is 0 Å². The fourth-order valence-corrected chi connectivity index (χ4v) is 2.85. The fraction of sp³-hybridized carbons (Fsp3) is 0.737. The molecule has 0 aliphatic heterocycles. The van der Waals surface area contributed by atoms with Gasteiger partial charge in [-0.15, -0.1) is 0 Å². The summed E-state index contributed by atoms with van der Waals surface area (Å²) in [5.41, 5.74) is 0. The van der Waals surface area contributed by atoms with Crippen molar-refractivity contribution in [3.63, 3.8) is 0 Å². The fourth-order valence-electron chi connectivity index (χ4n) is 2.85. The van der Waals surface area contributed by atoms with Gasteiger partial charge in [-0.1, -0.05) is 26.7 Å². The summed E-state index contributed by atoms with van der Waals surface area (Å²) >= 11 is 0. The summed E-state index contributed by atoms with van der Waals surface area (Å²) in [6, 6.07) is 4.50. The van der Waals surface area contributed by atoms with E-state index in [-0.39, 0.29) is 0 Å². The van der Waals surface area contributed by atoms with Gasteiger partial charge in [0.25, 0.3) is 0 Å². The van der Waals surface area contributed by atoms with Crippen LogP contribution in [-0.2, 0) is 11.2 Å². The molecule has 136 valence electrons. The summed E-state index contributed by atoms with van der Waals surface area (Å²) in [5.74, 6) is 2.53. The molecular weight excluding hydrogens is 302 g/mol. The Morgan fingerprint density at radius 1 is 1.38 bits per heavy atom. The number of rotatable bonds is 10. The first kappa shape index (κ1) is 18.8. The van der Waals surface area contributed by atoms with E-state index < -0.39 is 0 Å². The van der Waals surface area contributed by atoms with Gasteiger partial charge in [-0.3, -0.25) is 4.99 Å². The van der Waals surface area contributed by atoms with E-state index >= 15 is 0 Å². The van der Waals surface area contributed by atoms with E-state index in [2.05, 4.69) is 24.5 Å². The number of nitrogens with zero attached hydrogens (tertiary/aromatic N) is 1. The smallest absolute Gasteiger partial charge is 0.191 e. The average Bonchev–Trinajstić information content (AvgIpc) is 3.23. The molecule has 1 aliphatic rings. The zero-order chi connectivity index (χ0) is 17.0. The van der Waals surface area contributed by atoms with Crippen LogP contribution in [-0.4, -0.2) is 38.3 Å². The van der Waals surface area contributed by atoms with Crippen molar-refractivity contribution in [2.45, 2.75) is 58.4 Å². The Kier molecular flexibility index (Phi) is 8.74. The van der Waals surface area contributed by atoms with Crippen molar-refractivity contribution in [1.29, 1.82) is 0 Å². The Labute approximate surface area is 146 Å². The maximum absolute atomic E-state index is 5.62. The minimum absolute atomic E-state index is 0.567. The van der Waals surface area contributed by atoms with E-state index in [1.807, 2.05) is 12.1 Å². The van der Waals surface area contributed by atoms with Gasteiger partial charge < -0.3 is 19.8 Å². The molecule has 2 rings (SSSR count). The summed E-state index contributed by atoms with van der Waals surface area (Å²) in [6.07, 6.45) is 8.68. The maximum atomic E-state index is 5.62. The highest BCUT2D eigenvalue weighted by Gasteiger charge is 2.15. The lowest BCUT2D eigenvalue weighted by Crippen LogP contribution is -2.43. The van der Waals surface area contributed by atoms with E-state index in [0.717, 1.165) is 50.9 Å². The molecule has 1 saturated carbocycles. The Morgan fingerprint density at radius 3 is 2.92 bits per heavy atom. The second-order valence-corrected chi connectivity index (χ2v) is 6.93. The molecule has 1 heterocycles. The van der Waals surface area contributed by atoms with Gasteiger partial charge >= 0.3 is 0 Å². The SMILES string of the molecule is CC(C)COCCCN=C(NCCc1ccco1)NC1CCCC1. The van der Waals surface area contributed by atoms with Crippen molar-refractivity contribution in [2.24, 2.45) is 10.9 Å². The molecule has 2 N–H and O–H groups in total. The highest BCUT2D eigenvalue weighted by molar-refractivity contribution is 5.80. The zero-order valence-corrected chi connectivity index (χ0v) is 15.2. The number of ether oxygens (including phenoxy) is 1. The Hall–Kier alpha value is -1.49. The molecule has 24 heavy (non-hydrogen) atoms. The third kappa shape index (κ3) is 7.86. The van der Waals surface area contributed by atoms with E-state index in [0.29, 0.717) is 12.0 Å². The van der Waals surface area contributed by atoms with Gasteiger partial charge in [-0.05, 0) is 37.3 Å². The average molecular weight is 335 g/mol. The molecule has 5 nitrogen and oxygen atoms in total. The van der Waals surface area contributed by atoms with Gasteiger partial charge in [0.05, 0.1) is 6.26 Å². The third-order valence-electron chi connectivity index (χ3n) is 4.11. The number of furan rings is 1. The lowest BCUT2D eigenvalue weighted by atomic mass is 10.2. The molecule has 0 bridgehead atoms. The molecule has 0 radical (unpaired) electrons. The molecule has 0 spiro atoms. The highest BCUT2D eigenvalue weighted by atomic mass is 16.5. The Morgan fingerprint density at radius 2 is 2.21 bits per heavy atom. The summed E-state index contributed by atoms with van der Waals surface area (Å²) in [7, 11) is 0. The molecule has 0 saturated heterocycles. The predicted octanol–water partition coefficient (Wildman–Crippen LogP) is 3.36. The predicted molar refractivity (Wildman–Crippen MR) is 98.4 cm³/mol. The van der Waals surface area contributed by atoms with Gasteiger partial charge in [0.2, 0.25) is 0 Å². The van der Waals surface area contributed by atoms with Crippen molar-refractivity contribution in [3.8, 4) is 0 Å². The van der Waals surface area contributed by atoms with Crippen LogP contribution in [0.25, 0.3) is 0 Å². The van der Waals surface area contributed by atoms with Gasteiger partial charge in [0.15, 0.2) is 5.96 Å².